The fraction of sp³-hybridized carbons (Fsp3) is 0.476. The number of carbonyl (C=O) groups is 3. The fourth-order valence-electron chi connectivity index (χ4n) is 3.27. The van der Waals surface area contributed by atoms with Crippen molar-refractivity contribution in [3.63, 3.8) is 0 Å². The van der Waals surface area contributed by atoms with Gasteiger partial charge in [0.25, 0.3) is 5.91 Å². The highest BCUT2D eigenvalue weighted by atomic mass is 32.1. The molecule has 0 saturated carbocycles. The number of carbonyl (C=O) groups excluding carboxylic acids is 3. The van der Waals surface area contributed by atoms with Gasteiger partial charge >= 0.3 is 5.97 Å². The van der Waals surface area contributed by atoms with Crippen molar-refractivity contribution in [1.29, 1.82) is 0 Å². The van der Waals surface area contributed by atoms with Gasteiger partial charge in [-0.1, -0.05) is 6.07 Å². The largest absolute Gasteiger partial charge is 0.464 e. The maximum atomic E-state index is 13.3. The Bertz CT molecular complexity index is 857. The molecule has 1 N–H and O–H groups in total. The fourth-order valence-corrected chi connectivity index (χ4v) is 3.95. The van der Waals surface area contributed by atoms with E-state index in [0.717, 1.165) is 0 Å². The summed E-state index contributed by atoms with van der Waals surface area (Å²) in [6, 6.07) is 2.87. The summed E-state index contributed by atoms with van der Waals surface area (Å²) in [7, 11) is 1.29. The first kappa shape index (κ1) is 22.8. The van der Waals surface area contributed by atoms with Crippen LogP contribution in [0.3, 0.4) is 0 Å². The summed E-state index contributed by atoms with van der Waals surface area (Å²) >= 11 is 1.34. The minimum Gasteiger partial charge on any atom is -0.464 e. The Morgan fingerprint density at radius 2 is 2.00 bits per heavy atom. The molecule has 0 aliphatic heterocycles. The summed E-state index contributed by atoms with van der Waals surface area (Å²) < 4.78 is 10.2. The van der Waals surface area contributed by atoms with Crippen molar-refractivity contribution in [1.82, 2.24) is 9.88 Å². The summed E-state index contributed by atoms with van der Waals surface area (Å²) in [5, 5.41) is 1.83. The minimum absolute atomic E-state index is 0.184. The van der Waals surface area contributed by atoms with Gasteiger partial charge in [0.1, 0.15) is 5.69 Å². The number of ketones is 1. The zero-order chi connectivity index (χ0) is 21.6. The molecule has 8 heteroatoms. The predicted molar refractivity (Wildman–Crippen MR) is 112 cm³/mol. The van der Waals surface area contributed by atoms with E-state index in [2.05, 4.69) is 4.98 Å². The first-order chi connectivity index (χ1) is 13.8. The van der Waals surface area contributed by atoms with Crippen LogP contribution in [0.25, 0.3) is 0 Å². The van der Waals surface area contributed by atoms with E-state index >= 15 is 0 Å². The second kappa shape index (κ2) is 10.4. The SMILES string of the molecule is CCOCCCN(C(=O)c1cccs1)C(C)C(=O)c1c(C)[nH]c(C(=O)OC)c1C. The molecule has 29 heavy (non-hydrogen) atoms. The van der Waals surface area contributed by atoms with Crippen molar-refractivity contribution in [3.05, 3.63) is 44.9 Å². The number of thiophene rings is 1. The quantitative estimate of drug-likeness (QED) is 0.360. The number of ether oxygens (including phenoxy) is 2. The molecule has 0 radical (unpaired) electrons. The average molecular weight is 421 g/mol. The number of H-pyrrole nitrogens is 1. The van der Waals surface area contributed by atoms with E-state index in [-0.39, 0.29) is 17.4 Å². The number of rotatable bonds is 10. The molecule has 1 amide bonds. The minimum atomic E-state index is -0.690. The number of aryl methyl sites for hydroxylation is 1. The predicted octanol–water partition coefficient (Wildman–Crippen LogP) is 3.62. The molecule has 158 valence electrons. The number of nitrogens with zero attached hydrogens (tertiary/aromatic N) is 1. The number of aromatic amines is 1. The summed E-state index contributed by atoms with van der Waals surface area (Å²) in [6.07, 6.45) is 0.626. The summed E-state index contributed by atoms with van der Waals surface area (Å²) in [5.41, 5.74) is 1.79. The second-order valence-electron chi connectivity index (χ2n) is 6.68. The van der Waals surface area contributed by atoms with Crippen molar-refractivity contribution in [2.75, 3.05) is 26.9 Å². The molecular formula is C21H28N2O5S. The lowest BCUT2D eigenvalue weighted by Crippen LogP contribution is -2.44. The second-order valence-corrected chi connectivity index (χ2v) is 7.63. The topological polar surface area (TPSA) is 88.7 Å². The van der Waals surface area contributed by atoms with E-state index in [1.807, 2.05) is 18.4 Å². The lowest BCUT2D eigenvalue weighted by Gasteiger charge is -2.28. The van der Waals surface area contributed by atoms with Crippen LogP contribution in [0.4, 0.5) is 0 Å². The molecule has 0 saturated heterocycles. The molecule has 0 aliphatic rings. The molecular weight excluding hydrogens is 392 g/mol. The van der Waals surface area contributed by atoms with E-state index in [1.54, 1.807) is 31.7 Å². The van der Waals surface area contributed by atoms with Crippen LogP contribution in [0.5, 0.6) is 0 Å². The number of aromatic nitrogens is 1. The lowest BCUT2D eigenvalue weighted by molar-refractivity contribution is 0.0589. The van der Waals surface area contributed by atoms with E-state index < -0.39 is 12.0 Å². The molecule has 0 aliphatic carbocycles. The first-order valence-electron chi connectivity index (χ1n) is 9.57. The van der Waals surface area contributed by atoms with Crippen LogP contribution in [-0.2, 0) is 9.47 Å². The monoisotopic (exact) mass is 420 g/mol. The van der Waals surface area contributed by atoms with Crippen molar-refractivity contribution >= 4 is 29.0 Å². The molecule has 2 aromatic rings. The van der Waals surface area contributed by atoms with Gasteiger partial charge in [-0.3, -0.25) is 9.59 Å². The third-order valence-electron chi connectivity index (χ3n) is 4.81. The van der Waals surface area contributed by atoms with Crippen LogP contribution in [0.2, 0.25) is 0 Å². The Labute approximate surface area is 175 Å². The third kappa shape index (κ3) is 5.13. The van der Waals surface area contributed by atoms with Crippen LogP contribution in [0, 0.1) is 13.8 Å². The molecule has 1 unspecified atom stereocenters. The van der Waals surface area contributed by atoms with Crippen LogP contribution < -0.4 is 0 Å². The first-order valence-corrected chi connectivity index (χ1v) is 10.4. The molecule has 0 spiro atoms. The van der Waals surface area contributed by atoms with Crippen LogP contribution in [0.1, 0.15) is 62.0 Å². The highest BCUT2D eigenvalue weighted by molar-refractivity contribution is 7.12. The number of nitrogens with one attached hydrogen (secondary N) is 1. The smallest absolute Gasteiger partial charge is 0.354 e. The maximum absolute atomic E-state index is 13.3. The molecule has 7 nitrogen and oxygen atoms in total. The normalized spacial score (nSPS) is 11.9. The van der Waals surface area contributed by atoms with Crippen molar-refractivity contribution in [2.45, 2.75) is 40.2 Å². The number of hydrogen-bond donors (Lipinski definition) is 1. The van der Waals surface area contributed by atoms with E-state index in [0.29, 0.717) is 47.9 Å². The Morgan fingerprint density at radius 3 is 2.59 bits per heavy atom. The summed E-state index contributed by atoms with van der Waals surface area (Å²) in [4.78, 5) is 43.4. The van der Waals surface area contributed by atoms with Gasteiger partial charge in [-0.15, -0.1) is 11.3 Å². The van der Waals surface area contributed by atoms with Gasteiger partial charge in [0, 0.05) is 31.0 Å². The third-order valence-corrected chi connectivity index (χ3v) is 5.66. The van der Waals surface area contributed by atoms with Gasteiger partial charge < -0.3 is 19.4 Å². The molecule has 2 heterocycles. The van der Waals surface area contributed by atoms with Crippen molar-refractivity contribution in [3.8, 4) is 0 Å². The Kier molecular flexibility index (Phi) is 8.16. The molecule has 0 aromatic carbocycles. The van der Waals surface area contributed by atoms with Gasteiger partial charge in [-0.2, -0.15) is 0 Å². The van der Waals surface area contributed by atoms with E-state index in [9.17, 15) is 14.4 Å². The maximum Gasteiger partial charge on any atom is 0.354 e. The number of methoxy groups -OCH3 is 1. The Balaban J connectivity index is 2.31. The standard InChI is InChI=1S/C21H28N2O5S/c1-6-28-11-8-10-23(20(25)16-9-7-12-29-16)15(4)19(24)17-13(2)18(21(26)27-5)22-14(17)3/h7,9,12,15,22H,6,8,10-11H2,1-5H3. The molecule has 0 fully saturated rings. The van der Waals surface area contributed by atoms with Gasteiger partial charge in [0.2, 0.25) is 0 Å². The van der Waals surface area contributed by atoms with E-state index in [4.69, 9.17) is 9.47 Å². The Morgan fingerprint density at radius 1 is 1.28 bits per heavy atom. The average Bonchev–Trinajstić information content (AvgIpc) is 3.34. The van der Waals surface area contributed by atoms with Crippen LogP contribution in [0.15, 0.2) is 17.5 Å². The molecule has 1 atom stereocenters. The number of Topliss-reactive ketones (excluding diaryl/α,β-unsaturated/α-hetero) is 1. The number of esters is 1. The van der Waals surface area contributed by atoms with Crippen molar-refractivity contribution in [2.24, 2.45) is 0 Å². The van der Waals surface area contributed by atoms with Gasteiger partial charge in [0.05, 0.1) is 18.0 Å². The van der Waals surface area contributed by atoms with Gasteiger partial charge in [-0.25, -0.2) is 4.79 Å². The Hall–Kier alpha value is -2.45. The summed E-state index contributed by atoms with van der Waals surface area (Å²) in [6.45, 7) is 8.59. The van der Waals surface area contributed by atoms with Crippen molar-refractivity contribution < 1.29 is 23.9 Å². The van der Waals surface area contributed by atoms with Crippen LogP contribution in [-0.4, -0.2) is 60.5 Å². The number of hydrogen-bond acceptors (Lipinski definition) is 6. The zero-order valence-corrected chi connectivity index (χ0v) is 18.4. The molecule has 0 bridgehead atoms. The van der Waals surface area contributed by atoms with E-state index in [1.165, 1.54) is 18.4 Å². The van der Waals surface area contributed by atoms with Crippen LogP contribution >= 0.6 is 11.3 Å². The zero-order valence-electron chi connectivity index (χ0n) is 17.5. The van der Waals surface area contributed by atoms with Gasteiger partial charge in [-0.05, 0) is 51.1 Å². The highest BCUT2D eigenvalue weighted by Crippen LogP contribution is 2.23. The number of amides is 1. The highest BCUT2D eigenvalue weighted by Gasteiger charge is 2.31. The summed E-state index contributed by atoms with van der Waals surface area (Å²) in [5.74, 6) is -0.926. The lowest BCUT2D eigenvalue weighted by atomic mass is 9.99. The molecule has 2 rings (SSSR count). The van der Waals surface area contributed by atoms with Gasteiger partial charge in [0.15, 0.2) is 5.78 Å². The molecule has 2 aromatic heterocycles.